The van der Waals surface area contributed by atoms with Crippen LogP contribution in [0.25, 0.3) is 0 Å². The Morgan fingerprint density at radius 3 is 2.46 bits per heavy atom. The smallest absolute Gasteiger partial charge is 0.390 e. The van der Waals surface area contributed by atoms with Crippen LogP contribution in [0.5, 0.6) is 0 Å². The fourth-order valence-electron chi connectivity index (χ4n) is 1.70. The van der Waals surface area contributed by atoms with Crippen molar-refractivity contribution in [1.29, 1.82) is 0 Å². The summed E-state index contributed by atoms with van der Waals surface area (Å²) in [6, 6.07) is 7.97. The molecule has 3 nitrogen and oxygen atoms in total. The number of benzene rings is 1. The molecular formula is C15H13Cl2F3N2OS. The zero-order valence-electron chi connectivity index (χ0n) is 12.1. The van der Waals surface area contributed by atoms with Crippen molar-refractivity contribution in [3.05, 3.63) is 47.1 Å². The van der Waals surface area contributed by atoms with Crippen LogP contribution in [0.2, 0.25) is 5.02 Å². The standard InChI is InChI=1S/C15H13Cl2F3N2OS/c16-6-11(23)8-21-10-1-3-12(4-2-10)24-14-13(17)5-9(7-22-14)15(18,19)20/h1-5,7,11,21,23H,6,8H2. The summed E-state index contributed by atoms with van der Waals surface area (Å²) in [6.45, 7) is 0.322. The van der Waals surface area contributed by atoms with Crippen LogP contribution >= 0.6 is 35.0 Å². The summed E-state index contributed by atoms with van der Waals surface area (Å²) in [5.41, 5.74) is -0.0933. The first-order chi connectivity index (χ1) is 11.3. The highest BCUT2D eigenvalue weighted by atomic mass is 35.5. The van der Waals surface area contributed by atoms with Crippen LogP contribution in [-0.4, -0.2) is 28.6 Å². The van der Waals surface area contributed by atoms with Crippen molar-refractivity contribution in [1.82, 2.24) is 4.98 Å². The maximum Gasteiger partial charge on any atom is 0.417 e. The molecule has 0 fully saturated rings. The Hall–Kier alpha value is -1.15. The number of aromatic nitrogens is 1. The van der Waals surface area contributed by atoms with E-state index in [1.807, 2.05) is 0 Å². The second kappa shape index (κ2) is 8.29. The normalized spacial score (nSPS) is 12.9. The highest BCUT2D eigenvalue weighted by Gasteiger charge is 2.31. The molecule has 24 heavy (non-hydrogen) atoms. The van der Waals surface area contributed by atoms with Crippen LogP contribution in [0.3, 0.4) is 0 Å². The van der Waals surface area contributed by atoms with E-state index < -0.39 is 17.8 Å². The van der Waals surface area contributed by atoms with Crippen molar-refractivity contribution in [3.63, 3.8) is 0 Å². The molecule has 0 radical (unpaired) electrons. The molecule has 0 aliphatic rings. The third-order valence-corrected chi connectivity index (χ3v) is 4.71. The van der Waals surface area contributed by atoms with Gasteiger partial charge in [-0.3, -0.25) is 0 Å². The predicted octanol–water partition coefficient (Wildman–Crippen LogP) is 4.92. The van der Waals surface area contributed by atoms with Gasteiger partial charge < -0.3 is 10.4 Å². The number of aliphatic hydroxyl groups excluding tert-OH is 1. The van der Waals surface area contributed by atoms with Crippen molar-refractivity contribution in [3.8, 4) is 0 Å². The Morgan fingerprint density at radius 1 is 1.25 bits per heavy atom. The molecule has 2 rings (SSSR count). The molecule has 1 heterocycles. The number of hydrogen-bond acceptors (Lipinski definition) is 4. The van der Waals surface area contributed by atoms with Gasteiger partial charge in [-0.15, -0.1) is 11.6 Å². The molecule has 0 aliphatic carbocycles. The van der Waals surface area contributed by atoms with Crippen LogP contribution in [-0.2, 0) is 6.18 Å². The SMILES string of the molecule is OC(CCl)CNc1ccc(Sc2ncc(C(F)(F)F)cc2Cl)cc1. The van der Waals surface area contributed by atoms with E-state index in [1.165, 1.54) is 0 Å². The fraction of sp³-hybridized carbons (Fsp3) is 0.267. The Balaban J connectivity index is 2.03. The van der Waals surface area contributed by atoms with E-state index in [4.69, 9.17) is 23.2 Å². The van der Waals surface area contributed by atoms with Crippen molar-refractivity contribution in [2.24, 2.45) is 0 Å². The number of pyridine rings is 1. The van der Waals surface area contributed by atoms with Crippen LogP contribution in [0.1, 0.15) is 5.56 Å². The number of nitrogens with one attached hydrogen (secondary N) is 1. The Kier molecular flexibility index (Phi) is 6.62. The lowest BCUT2D eigenvalue weighted by molar-refractivity contribution is -0.137. The highest BCUT2D eigenvalue weighted by molar-refractivity contribution is 7.99. The number of aliphatic hydroxyl groups is 1. The Bertz CT molecular complexity index is 683. The van der Waals surface area contributed by atoms with Gasteiger partial charge in [-0.1, -0.05) is 23.4 Å². The fourth-order valence-corrected chi connectivity index (χ4v) is 2.85. The van der Waals surface area contributed by atoms with Gasteiger partial charge in [-0.25, -0.2) is 4.98 Å². The first-order valence-corrected chi connectivity index (χ1v) is 8.51. The van der Waals surface area contributed by atoms with Crippen LogP contribution in [0, 0.1) is 0 Å². The molecule has 0 saturated heterocycles. The van der Waals surface area contributed by atoms with Crippen molar-refractivity contribution in [2.45, 2.75) is 22.2 Å². The molecule has 0 bridgehead atoms. The number of nitrogens with zero attached hydrogens (tertiary/aromatic N) is 1. The second-order valence-corrected chi connectivity index (χ2v) is 6.60. The molecule has 130 valence electrons. The molecule has 0 saturated carbocycles. The maximum atomic E-state index is 12.6. The van der Waals surface area contributed by atoms with E-state index in [9.17, 15) is 18.3 Å². The average molecular weight is 397 g/mol. The summed E-state index contributed by atoms with van der Waals surface area (Å²) in [7, 11) is 0. The molecule has 1 atom stereocenters. The third kappa shape index (κ3) is 5.44. The summed E-state index contributed by atoms with van der Waals surface area (Å²) in [4.78, 5) is 4.55. The first kappa shape index (κ1) is 19.2. The van der Waals surface area contributed by atoms with E-state index in [-0.39, 0.29) is 10.9 Å². The second-order valence-electron chi connectivity index (χ2n) is 4.82. The molecule has 1 aromatic carbocycles. The third-order valence-electron chi connectivity index (χ3n) is 2.92. The van der Waals surface area contributed by atoms with E-state index in [0.29, 0.717) is 11.6 Å². The largest absolute Gasteiger partial charge is 0.417 e. The lowest BCUT2D eigenvalue weighted by Crippen LogP contribution is -2.20. The van der Waals surface area contributed by atoms with Crippen LogP contribution < -0.4 is 5.32 Å². The van der Waals surface area contributed by atoms with Crippen LogP contribution in [0.15, 0.2) is 46.5 Å². The van der Waals surface area contributed by atoms with Gasteiger partial charge in [-0.2, -0.15) is 13.2 Å². The van der Waals surface area contributed by atoms with E-state index in [2.05, 4.69) is 10.3 Å². The van der Waals surface area contributed by atoms with E-state index in [0.717, 1.165) is 34.6 Å². The summed E-state index contributed by atoms with van der Waals surface area (Å²) in [5, 5.41) is 12.6. The summed E-state index contributed by atoms with van der Waals surface area (Å²) in [6.07, 6.45) is -4.35. The molecule has 2 N–H and O–H groups in total. The summed E-state index contributed by atoms with van der Waals surface area (Å²) in [5.74, 6) is 0.138. The quantitative estimate of drug-likeness (QED) is 0.680. The minimum Gasteiger partial charge on any atom is -0.390 e. The van der Waals surface area contributed by atoms with Gasteiger partial charge in [0.25, 0.3) is 0 Å². The van der Waals surface area contributed by atoms with Gasteiger partial charge >= 0.3 is 6.18 Å². The molecular weight excluding hydrogens is 384 g/mol. The topological polar surface area (TPSA) is 45.1 Å². The lowest BCUT2D eigenvalue weighted by atomic mass is 10.3. The number of anilines is 1. The molecule has 0 amide bonds. The molecule has 2 aromatic rings. The summed E-state index contributed by atoms with van der Waals surface area (Å²) < 4.78 is 37.8. The predicted molar refractivity (Wildman–Crippen MR) is 90.0 cm³/mol. The average Bonchev–Trinajstić information content (AvgIpc) is 2.54. The van der Waals surface area contributed by atoms with Gasteiger partial charge in [0.1, 0.15) is 5.03 Å². The number of alkyl halides is 4. The Labute approximate surface area is 151 Å². The molecule has 9 heteroatoms. The van der Waals surface area contributed by atoms with Crippen molar-refractivity contribution >= 4 is 40.7 Å². The number of hydrogen-bond donors (Lipinski definition) is 2. The molecule has 0 aliphatic heterocycles. The maximum absolute atomic E-state index is 12.6. The molecule has 1 aromatic heterocycles. The van der Waals surface area contributed by atoms with Crippen molar-refractivity contribution in [2.75, 3.05) is 17.7 Å². The van der Waals surface area contributed by atoms with Gasteiger partial charge in [0.2, 0.25) is 0 Å². The lowest BCUT2D eigenvalue weighted by Gasteiger charge is -2.11. The van der Waals surface area contributed by atoms with Gasteiger partial charge in [0, 0.05) is 23.3 Å². The first-order valence-electron chi connectivity index (χ1n) is 6.78. The molecule has 1 unspecified atom stereocenters. The Morgan fingerprint density at radius 2 is 1.92 bits per heavy atom. The number of rotatable bonds is 6. The van der Waals surface area contributed by atoms with Gasteiger partial charge in [0.15, 0.2) is 0 Å². The minimum atomic E-state index is -4.47. The van der Waals surface area contributed by atoms with E-state index in [1.54, 1.807) is 24.3 Å². The van der Waals surface area contributed by atoms with Crippen LogP contribution in [0.4, 0.5) is 18.9 Å². The zero-order chi connectivity index (χ0) is 17.7. The van der Waals surface area contributed by atoms with Crippen molar-refractivity contribution < 1.29 is 18.3 Å². The minimum absolute atomic E-state index is 0.0535. The van der Waals surface area contributed by atoms with Gasteiger partial charge in [0.05, 0.1) is 22.6 Å². The number of halogens is 5. The van der Waals surface area contributed by atoms with Gasteiger partial charge in [-0.05, 0) is 30.3 Å². The molecule has 0 spiro atoms. The monoisotopic (exact) mass is 396 g/mol. The van der Waals surface area contributed by atoms with E-state index >= 15 is 0 Å². The highest BCUT2D eigenvalue weighted by Crippen LogP contribution is 2.36. The summed E-state index contributed by atoms with van der Waals surface area (Å²) >= 11 is 12.5. The zero-order valence-corrected chi connectivity index (χ0v) is 14.5.